The van der Waals surface area contributed by atoms with Crippen LogP contribution >= 0.6 is 39.9 Å². The lowest BCUT2D eigenvalue weighted by atomic mass is 10.5. The lowest BCUT2D eigenvalue weighted by molar-refractivity contribution is 0.0696. The maximum absolute atomic E-state index is 11.2. The Morgan fingerprint density at radius 3 is 3.00 bits per heavy atom. The summed E-state index contributed by atoms with van der Waals surface area (Å²) in [7, 11) is 0. The van der Waals surface area contributed by atoms with Crippen molar-refractivity contribution in [1.29, 1.82) is 0 Å². The van der Waals surface area contributed by atoms with Crippen LogP contribution in [0.5, 0.6) is 0 Å². The second kappa shape index (κ2) is 5.32. The SMILES string of the molecule is O=C(OC#CCS)c1ccc(Br)s1. The highest BCUT2D eigenvalue weighted by Gasteiger charge is 2.08. The Kier molecular flexibility index (Phi) is 4.36. The van der Waals surface area contributed by atoms with Gasteiger partial charge in [-0.3, -0.25) is 0 Å². The van der Waals surface area contributed by atoms with E-state index < -0.39 is 5.97 Å². The second-order valence-electron chi connectivity index (χ2n) is 1.93. The van der Waals surface area contributed by atoms with Crippen molar-refractivity contribution >= 4 is 45.9 Å². The minimum atomic E-state index is -0.426. The first-order valence-corrected chi connectivity index (χ1v) is 5.53. The van der Waals surface area contributed by atoms with E-state index >= 15 is 0 Å². The Hall–Kier alpha value is -0.440. The summed E-state index contributed by atoms with van der Waals surface area (Å²) in [5.41, 5.74) is 0. The van der Waals surface area contributed by atoms with E-state index in [2.05, 4.69) is 45.3 Å². The lowest BCUT2D eigenvalue weighted by Crippen LogP contribution is -1.96. The number of hydrogen-bond acceptors (Lipinski definition) is 4. The number of carbonyl (C=O) groups is 1. The fraction of sp³-hybridized carbons (Fsp3) is 0.125. The summed E-state index contributed by atoms with van der Waals surface area (Å²) in [6.45, 7) is 0. The molecule has 0 radical (unpaired) electrons. The molecule has 0 aliphatic heterocycles. The molecule has 0 spiro atoms. The van der Waals surface area contributed by atoms with Gasteiger partial charge in [0.05, 0.1) is 9.54 Å². The van der Waals surface area contributed by atoms with Gasteiger partial charge < -0.3 is 4.74 Å². The number of thiophene rings is 1. The van der Waals surface area contributed by atoms with Gasteiger partial charge in [-0.15, -0.1) is 11.3 Å². The van der Waals surface area contributed by atoms with Crippen molar-refractivity contribution < 1.29 is 9.53 Å². The molecule has 0 unspecified atom stereocenters. The fourth-order valence-electron chi connectivity index (χ4n) is 0.589. The second-order valence-corrected chi connectivity index (χ2v) is 4.71. The van der Waals surface area contributed by atoms with Crippen molar-refractivity contribution in [2.45, 2.75) is 0 Å². The number of thiol groups is 1. The Morgan fingerprint density at radius 1 is 1.69 bits per heavy atom. The zero-order valence-corrected chi connectivity index (χ0v) is 9.71. The highest BCUT2D eigenvalue weighted by Crippen LogP contribution is 2.22. The van der Waals surface area contributed by atoms with Gasteiger partial charge in [0.15, 0.2) is 0 Å². The molecule has 2 nitrogen and oxygen atoms in total. The minimum absolute atomic E-state index is 0.376. The van der Waals surface area contributed by atoms with Gasteiger partial charge in [-0.1, -0.05) is 0 Å². The predicted octanol–water partition coefficient (Wildman–Crippen LogP) is 2.56. The maximum Gasteiger partial charge on any atom is 0.362 e. The number of hydrogen-bond donors (Lipinski definition) is 1. The maximum atomic E-state index is 11.2. The molecule has 0 saturated carbocycles. The van der Waals surface area contributed by atoms with Crippen molar-refractivity contribution in [3.8, 4) is 12.0 Å². The molecular formula is C8H5BrO2S2. The molecule has 13 heavy (non-hydrogen) atoms. The molecule has 0 atom stereocenters. The summed E-state index contributed by atoms with van der Waals surface area (Å²) in [4.78, 5) is 11.7. The lowest BCUT2D eigenvalue weighted by Gasteiger charge is -1.89. The van der Waals surface area contributed by atoms with Gasteiger partial charge in [0.1, 0.15) is 11.0 Å². The van der Waals surface area contributed by atoms with Gasteiger partial charge >= 0.3 is 5.97 Å². The topological polar surface area (TPSA) is 26.3 Å². The highest BCUT2D eigenvalue weighted by atomic mass is 79.9. The van der Waals surface area contributed by atoms with Crippen LogP contribution in [0.4, 0.5) is 0 Å². The number of esters is 1. The van der Waals surface area contributed by atoms with Crippen LogP contribution in [0, 0.1) is 12.0 Å². The van der Waals surface area contributed by atoms with Crippen LogP contribution in [0.2, 0.25) is 0 Å². The highest BCUT2D eigenvalue weighted by molar-refractivity contribution is 9.11. The number of rotatable bonds is 1. The van der Waals surface area contributed by atoms with Crippen LogP contribution in [-0.4, -0.2) is 11.7 Å². The molecule has 0 aromatic carbocycles. The smallest absolute Gasteiger partial charge is 0.362 e. The monoisotopic (exact) mass is 276 g/mol. The molecule has 5 heteroatoms. The standard InChI is InChI=1S/C8H5BrO2S2/c9-7-3-2-6(13-7)8(10)11-4-1-5-12/h2-3,12H,5H2. The summed E-state index contributed by atoms with van der Waals surface area (Å²) in [6, 6.07) is 3.47. The van der Waals surface area contributed by atoms with E-state index in [0.717, 1.165) is 3.79 Å². The van der Waals surface area contributed by atoms with Crippen molar-refractivity contribution in [2.75, 3.05) is 5.75 Å². The van der Waals surface area contributed by atoms with Crippen molar-refractivity contribution in [2.24, 2.45) is 0 Å². The molecule has 0 aliphatic carbocycles. The summed E-state index contributed by atoms with van der Waals surface area (Å²) in [5, 5.41) is 0. The first-order valence-electron chi connectivity index (χ1n) is 3.29. The zero-order chi connectivity index (χ0) is 9.68. The van der Waals surface area contributed by atoms with Crippen molar-refractivity contribution in [3.63, 3.8) is 0 Å². The molecule has 0 fully saturated rings. The van der Waals surface area contributed by atoms with E-state index in [4.69, 9.17) is 0 Å². The van der Waals surface area contributed by atoms with Crippen LogP contribution in [0.15, 0.2) is 15.9 Å². The van der Waals surface area contributed by atoms with Crippen molar-refractivity contribution in [3.05, 3.63) is 20.8 Å². The van der Waals surface area contributed by atoms with Crippen molar-refractivity contribution in [1.82, 2.24) is 0 Å². The van der Waals surface area contributed by atoms with Crippen LogP contribution < -0.4 is 0 Å². The summed E-state index contributed by atoms with van der Waals surface area (Å²) in [5.74, 6) is 2.47. The van der Waals surface area contributed by atoms with E-state index in [0.29, 0.717) is 10.6 Å². The summed E-state index contributed by atoms with van der Waals surface area (Å²) in [6.07, 6.45) is 2.26. The largest absolute Gasteiger partial charge is 0.368 e. The number of carbonyl (C=O) groups excluding carboxylic acids is 1. The summed E-state index contributed by atoms with van der Waals surface area (Å²) < 4.78 is 5.51. The predicted molar refractivity (Wildman–Crippen MR) is 59.1 cm³/mol. The van der Waals surface area contributed by atoms with E-state index in [1.807, 2.05) is 0 Å². The Balaban J connectivity index is 2.59. The molecule has 1 aromatic heterocycles. The minimum Gasteiger partial charge on any atom is -0.368 e. The Morgan fingerprint density at radius 2 is 2.46 bits per heavy atom. The van der Waals surface area contributed by atoms with Gasteiger partial charge in [-0.25, -0.2) is 4.79 Å². The molecule has 0 amide bonds. The first-order chi connectivity index (χ1) is 6.24. The Bertz CT molecular complexity index is 362. The third-order valence-corrected chi connectivity index (χ3v) is 2.83. The van der Waals surface area contributed by atoms with Crippen LogP contribution in [-0.2, 0) is 4.74 Å². The van der Waals surface area contributed by atoms with Crippen LogP contribution in [0.1, 0.15) is 9.67 Å². The normalized spacial score (nSPS) is 8.77. The molecule has 0 bridgehead atoms. The zero-order valence-electron chi connectivity index (χ0n) is 6.41. The Labute approximate surface area is 93.8 Å². The third-order valence-electron chi connectivity index (χ3n) is 1.07. The van der Waals surface area contributed by atoms with Gasteiger partial charge in [0.25, 0.3) is 0 Å². The van der Waals surface area contributed by atoms with E-state index in [9.17, 15) is 4.79 Å². The molecule has 0 saturated heterocycles. The van der Waals surface area contributed by atoms with E-state index in [1.165, 1.54) is 11.3 Å². The molecule has 1 heterocycles. The van der Waals surface area contributed by atoms with Gasteiger partial charge in [-0.2, -0.15) is 12.6 Å². The molecule has 1 aromatic rings. The summed E-state index contributed by atoms with van der Waals surface area (Å²) >= 11 is 8.40. The molecule has 68 valence electrons. The number of halogens is 1. The average molecular weight is 277 g/mol. The molecule has 1 rings (SSSR count). The first kappa shape index (κ1) is 10.6. The van der Waals surface area contributed by atoms with Gasteiger partial charge in [-0.05, 0) is 34.0 Å². The van der Waals surface area contributed by atoms with E-state index in [1.54, 1.807) is 12.1 Å². The fourth-order valence-corrected chi connectivity index (χ4v) is 1.92. The van der Waals surface area contributed by atoms with Gasteiger partial charge in [0, 0.05) is 0 Å². The van der Waals surface area contributed by atoms with Crippen LogP contribution in [0.3, 0.4) is 0 Å². The van der Waals surface area contributed by atoms with Gasteiger partial charge in [0.2, 0.25) is 0 Å². The molecule has 0 aliphatic rings. The third kappa shape index (κ3) is 3.43. The molecular weight excluding hydrogens is 272 g/mol. The van der Waals surface area contributed by atoms with E-state index in [-0.39, 0.29) is 0 Å². The molecule has 0 N–H and O–H groups in total. The van der Waals surface area contributed by atoms with Crippen LogP contribution in [0.25, 0.3) is 0 Å². The quantitative estimate of drug-likeness (QED) is 0.485. The average Bonchev–Trinajstić information content (AvgIpc) is 2.52. The number of ether oxygens (including phenoxy) is 1.